The Hall–Kier alpha value is -2.48. The molecule has 0 aromatic carbocycles. The molecule has 2 aliphatic heterocycles. The third-order valence-electron chi connectivity index (χ3n) is 6.69. The molecule has 0 radical (unpaired) electrons. The monoisotopic (exact) mass is 426 g/mol. The number of amides is 2. The highest BCUT2D eigenvalue weighted by Crippen LogP contribution is 2.38. The summed E-state index contributed by atoms with van der Waals surface area (Å²) in [6, 6.07) is 0.279. The number of rotatable bonds is 4. The Morgan fingerprint density at radius 2 is 2.17 bits per heavy atom. The number of likely N-dealkylation sites (tertiary alicyclic amines) is 1. The molecule has 5 rings (SSSR count). The minimum absolute atomic E-state index is 0.0878. The maximum absolute atomic E-state index is 13.2. The molecular formula is C22H26N4O3S. The molecule has 158 valence electrons. The highest BCUT2D eigenvalue weighted by atomic mass is 32.1. The molecule has 1 saturated carbocycles. The van der Waals surface area contributed by atoms with Crippen molar-refractivity contribution in [3.05, 3.63) is 49.3 Å². The summed E-state index contributed by atoms with van der Waals surface area (Å²) in [6.07, 6.45) is 7.35. The third-order valence-corrected chi connectivity index (χ3v) is 7.60. The Balaban J connectivity index is 1.38. The van der Waals surface area contributed by atoms with E-state index < -0.39 is 0 Å². The average molecular weight is 427 g/mol. The van der Waals surface area contributed by atoms with Crippen LogP contribution in [0.5, 0.6) is 0 Å². The second kappa shape index (κ2) is 7.65. The van der Waals surface area contributed by atoms with Gasteiger partial charge in [0.15, 0.2) is 0 Å². The molecule has 3 aliphatic rings. The minimum atomic E-state index is -0.315. The molecule has 2 bridgehead atoms. The van der Waals surface area contributed by atoms with E-state index in [9.17, 15) is 14.4 Å². The van der Waals surface area contributed by atoms with Crippen molar-refractivity contribution < 1.29 is 9.59 Å². The lowest BCUT2D eigenvalue weighted by Gasteiger charge is -2.31. The molecule has 2 fully saturated rings. The van der Waals surface area contributed by atoms with Gasteiger partial charge in [-0.25, -0.2) is 4.98 Å². The van der Waals surface area contributed by atoms with Crippen LogP contribution in [-0.4, -0.2) is 50.7 Å². The van der Waals surface area contributed by atoms with Gasteiger partial charge in [0.25, 0.3) is 17.4 Å². The number of thiazole rings is 1. The second-order valence-corrected chi connectivity index (χ2v) is 9.58. The number of carbonyl (C=O) groups is 2. The van der Waals surface area contributed by atoms with Crippen molar-refractivity contribution in [3.8, 4) is 0 Å². The quantitative estimate of drug-likeness (QED) is 0.814. The summed E-state index contributed by atoms with van der Waals surface area (Å²) in [5, 5.41) is 2.81. The summed E-state index contributed by atoms with van der Waals surface area (Å²) in [5.74, 6) is 0.361. The minimum Gasteiger partial charge on any atom is -0.335 e. The number of nitrogens with zero attached hydrogens (tertiary/aromatic N) is 3. The standard InChI is InChI=1S/C22H26N4O3S/c1-2-3-18-24-17(12-30-18)21(28)25-7-6-16-14(11-25)9-23-20(27)19(16)22(29)26-10-13-4-5-15(26)8-13/h9,12-13,15H,2-8,10-11H2,1H3,(H,23,27)/t13-,15-/m0/s1. The van der Waals surface area contributed by atoms with E-state index in [1.165, 1.54) is 17.8 Å². The van der Waals surface area contributed by atoms with E-state index in [1.54, 1.807) is 11.1 Å². The van der Waals surface area contributed by atoms with Crippen molar-refractivity contribution in [1.82, 2.24) is 19.8 Å². The number of hydrogen-bond donors (Lipinski definition) is 1. The number of piperidine rings is 1. The van der Waals surface area contributed by atoms with Crippen LogP contribution in [0.2, 0.25) is 0 Å². The van der Waals surface area contributed by atoms with Crippen LogP contribution in [0.1, 0.15) is 69.6 Å². The van der Waals surface area contributed by atoms with Crippen LogP contribution < -0.4 is 5.56 Å². The Labute approximate surface area is 179 Å². The Bertz CT molecular complexity index is 1060. The highest BCUT2D eigenvalue weighted by molar-refractivity contribution is 7.09. The molecule has 4 heterocycles. The van der Waals surface area contributed by atoms with Gasteiger partial charge in [0.2, 0.25) is 0 Å². The summed E-state index contributed by atoms with van der Waals surface area (Å²) in [5.41, 5.74) is 2.11. The zero-order valence-corrected chi connectivity index (χ0v) is 18.0. The van der Waals surface area contributed by atoms with Gasteiger partial charge in [-0.15, -0.1) is 11.3 Å². The topological polar surface area (TPSA) is 86.4 Å². The van der Waals surface area contributed by atoms with E-state index in [1.807, 2.05) is 10.3 Å². The van der Waals surface area contributed by atoms with Crippen LogP contribution in [0.15, 0.2) is 16.4 Å². The first-order valence-corrected chi connectivity index (χ1v) is 11.7. The lowest BCUT2D eigenvalue weighted by molar-refractivity contribution is 0.0698. The van der Waals surface area contributed by atoms with Crippen molar-refractivity contribution in [3.63, 3.8) is 0 Å². The fraction of sp³-hybridized carbons (Fsp3) is 0.545. The summed E-state index contributed by atoms with van der Waals surface area (Å²) >= 11 is 1.52. The van der Waals surface area contributed by atoms with Crippen LogP contribution >= 0.6 is 11.3 Å². The van der Waals surface area contributed by atoms with E-state index in [-0.39, 0.29) is 29.0 Å². The highest BCUT2D eigenvalue weighted by Gasteiger charge is 2.42. The first-order valence-electron chi connectivity index (χ1n) is 10.8. The van der Waals surface area contributed by atoms with E-state index in [2.05, 4.69) is 16.9 Å². The lowest BCUT2D eigenvalue weighted by atomic mass is 9.95. The molecule has 1 N–H and O–H groups in total. The largest absolute Gasteiger partial charge is 0.335 e. The summed E-state index contributed by atoms with van der Waals surface area (Å²) in [4.78, 5) is 49.7. The second-order valence-electron chi connectivity index (χ2n) is 8.64. The van der Waals surface area contributed by atoms with Gasteiger partial charge in [-0.2, -0.15) is 0 Å². The van der Waals surface area contributed by atoms with Gasteiger partial charge in [0.1, 0.15) is 11.3 Å². The zero-order valence-electron chi connectivity index (χ0n) is 17.1. The van der Waals surface area contributed by atoms with E-state index in [4.69, 9.17) is 0 Å². The van der Waals surface area contributed by atoms with Crippen LogP contribution in [0.4, 0.5) is 0 Å². The third kappa shape index (κ3) is 3.27. The average Bonchev–Trinajstić information content (AvgIpc) is 3.50. The van der Waals surface area contributed by atoms with Gasteiger partial charge in [-0.3, -0.25) is 14.4 Å². The number of H-pyrrole nitrogens is 1. The van der Waals surface area contributed by atoms with Gasteiger partial charge in [-0.05, 0) is 55.6 Å². The fourth-order valence-electron chi connectivity index (χ4n) is 5.18. The molecule has 2 aromatic rings. The molecular weight excluding hydrogens is 400 g/mol. The Morgan fingerprint density at radius 3 is 2.90 bits per heavy atom. The van der Waals surface area contributed by atoms with Gasteiger partial charge >= 0.3 is 0 Å². The molecule has 1 aliphatic carbocycles. The predicted molar refractivity (Wildman–Crippen MR) is 114 cm³/mol. The van der Waals surface area contributed by atoms with E-state index >= 15 is 0 Å². The number of nitrogens with one attached hydrogen (secondary N) is 1. The number of aromatic nitrogens is 2. The van der Waals surface area contributed by atoms with Gasteiger partial charge in [0.05, 0.1) is 5.01 Å². The predicted octanol–water partition coefficient (Wildman–Crippen LogP) is 2.61. The van der Waals surface area contributed by atoms with E-state index in [0.717, 1.165) is 48.4 Å². The molecule has 8 heteroatoms. The Kier molecular flexibility index (Phi) is 4.97. The van der Waals surface area contributed by atoms with Crippen molar-refractivity contribution >= 4 is 23.2 Å². The molecule has 2 atom stereocenters. The van der Waals surface area contributed by atoms with Crippen molar-refractivity contribution in [2.24, 2.45) is 5.92 Å². The molecule has 1 saturated heterocycles. The van der Waals surface area contributed by atoms with Gasteiger partial charge in [0, 0.05) is 37.3 Å². The summed E-state index contributed by atoms with van der Waals surface area (Å²) in [6.45, 7) is 3.73. The van der Waals surface area contributed by atoms with Crippen molar-refractivity contribution in [2.45, 2.75) is 58.0 Å². The number of aryl methyl sites for hydroxylation is 1. The van der Waals surface area contributed by atoms with E-state index in [0.29, 0.717) is 31.1 Å². The normalized spacial score (nSPS) is 22.4. The van der Waals surface area contributed by atoms with Crippen LogP contribution in [-0.2, 0) is 19.4 Å². The van der Waals surface area contributed by atoms with Crippen LogP contribution in [0, 0.1) is 5.92 Å². The van der Waals surface area contributed by atoms with Gasteiger partial charge < -0.3 is 14.8 Å². The molecule has 2 aromatic heterocycles. The zero-order chi connectivity index (χ0) is 20.8. The molecule has 7 nitrogen and oxygen atoms in total. The SMILES string of the molecule is CCCc1nc(C(=O)N2CCc3c(c[nH]c(=O)c3C(=O)N3C[C@H]4CC[C@H]3C4)C2)cs1. The lowest BCUT2D eigenvalue weighted by Crippen LogP contribution is -2.43. The summed E-state index contributed by atoms with van der Waals surface area (Å²) in [7, 11) is 0. The first kappa shape index (κ1) is 19.5. The summed E-state index contributed by atoms with van der Waals surface area (Å²) < 4.78 is 0. The molecule has 0 spiro atoms. The van der Waals surface area contributed by atoms with Crippen LogP contribution in [0.3, 0.4) is 0 Å². The van der Waals surface area contributed by atoms with Crippen molar-refractivity contribution in [1.29, 1.82) is 0 Å². The number of fused-ring (bicyclic) bond motifs is 3. The fourth-order valence-corrected chi connectivity index (χ4v) is 6.06. The number of pyridine rings is 1. The number of aromatic amines is 1. The molecule has 0 unspecified atom stereocenters. The molecule has 30 heavy (non-hydrogen) atoms. The van der Waals surface area contributed by atoms with Crippen LogP contribution in [0.25, 0.3) is 0 Å². The first-order chi connectivity index (χ1) is 14.5. The smallest absolute Gasteiger partial charge is 0.273 e. The maximum atomic E-state index is 13.2. The van der Waals surface area contributed by atoms with Gasteiger partial charge in [-0.1, -0.05) is 6.92 Å². The molecule has 2 amide bonds. The number of carbonyl (C=O) groups excluding carboxylic acids is 2. The maximum Gasteiger partial charge on any atom is 0.273 e. The van der Waals surface area contributed by atoms with Crippen molar-refractivity contribution in [2.75, 3.05) is 13.1 Å². The number of hydrogen-bond acceptors (Lipinski definition) is 5. The Morgan fingerprint density at radius 1 is 1.30 bits per heavy atom.